The molecule has 1 aromatic heterocycles. The number of fused-ring (bicyclic) bond motifs is 1. The summed E-state index contributed by atoms with van der Waals surface area (Å²) in [5.41, 5.74) is 4.69. The van der Waals surface area contributed by atoms with Gasteiger partial charge in [0.25, 0.3) is 0 Å². The van der Waals surface area contributed by atoms with Crippen molar-refractivity contribution in [3.63, 3.8) is 0 Å². The summed E-state index contributed by atoms with van der Waals surface area (Å²) < 4.78 is 5.20. The van der Waals surface area contributed by atoms with Gasteiger partial charge in [0.2, 0.25) is 5.91 Å². The van der Waals surface area contributed by atoms with Gasteiger partial charge in [-0.2, -0.15) is 0 Å². The predicted molar refractivity (Wildman–Crippen MR) is 108 cm³/mol. The largest absolute Gasteiger partial charge is 0.497 e. The Morgan fingerprint density at radius 3 is 2.70 bits per heavy atom. The molecule has 1 aliphatic heterocycles. The van der Waals surface area contributed by atoms with E-state index < -0.39 is 0 Å². The highest BCUT2D eigenvalue weighted by Crippen LogP contribution is 2.26. The molecule has 27 heavy (non-hydrogen) atoms. The van der Waals surface area contributed by atoms with Crippen LogP contribution < -0.4 is 4.74 Å². The number of hydrogen-bond donors (Lipinski definition) is 0. The Morgan fingerprint density at radius 2 is 1.93 bits per heavy atom. The number of carbonyl (C=O) groups excluding carboxylic acids is 1. The van der Waals surface area contributed by atoms with Gasteiger partial charge in [-0.3, -0.25) is 4.79 Å². The Balaban J connectivity index is 1.35. The average molecular weight is 378 g/mol. The molecular formula is C22H22N2O2S. The number of hydrogen-bond acceptors (Lipinski definition) is 4. The van der Waals surface area contributed by atoms with E-state index in [4.69, 9.17) is 9.72 Å². The van der Waals surface area contributed by atoms with Crippen LogP contribution >= 0.6 is 11.3 Å². The summed E-state index contributed by atoms with van der Waals surface area (Å²) in [6.45, 7) is 1.53. The van der Waals surface area contributed by atoms with Crippen LogP contribution in [0.5, 0.6) is 5.75 Å². The Morgan fingerprint density at radius 1 is 1.15 bits per heavy atom. The highest BCUT2D eigenvalue weighted by Gasteiger charge is 2.20. The van der Waals surface area contributed by atoms with E-state index in [0.717, 1.165) is 41.5 Å². The zero-order valence-corrected chi connectivity index (χ0v) is 16.2. The van der Waals surface area contributed by atoms with Gasteiger partial charge in [-0.15, -0.1) is 11.3 Å². The molecule has 2 heterocycles. The maximum atomic E-state index is 12.6. The highest BCUT2D eigenvalue weighted by molar-refractivity contribution is 7.13. The summed E-state index contributed by atoms with van der Waals surface area (Å²) >= 11 is 1.62. The summed E-state index contributed by atoms with van der Waals surface area (Å²) in [4.78, 5) is 19.3. The number of aromatic nitrogens is 1. The van der Waals surface area contributed by atoms with Crippen molar-refractivity contribution in [1.29, 1.82) is 0 Å². The molecule has 0 N–H and O–H groups in total. The molecule has 2 aromatic carbocycles. The first-order valence-corrected chi connectivity index (χ1v) is 10.0. The molecular weight excluding hydrogens is 356 g/mol. The van der Waals surface area contributed by atoms with Crippen LogP contribution in [0.15, 0.2) is 53.9 Å². The standard InChI is InChI=1S/C22H22N2O2S/c1-26-20-9-6-17(7-10-20)22-23-19(15-27-22)8-11-21(25)24-13-12-16-4-2-3-5-18(16)14-24/h2-7,9-10,15H,8,11-14H2,1H3. The molecule has 138 valence electrons. The number of methoxy groups -OCH3 is 1. The number of rotatable bonds is 5. The summed E-state index contributed by atoms with van der Waals surface area (Å²) in [5.74, 6) is 1.05. The monoisotopic (exact) mass is 378 g/mol. The molecule has 3 aromatic rings. The van der Waals surface area contributed by atoms with E-state index in [-0.39, 0.29) is 5.91 Å². The topological polar surface area (TPSA) is 42.4 Å². The molecule has 0 aliphatic carbocycles. The van der Waals surface area contributed by atoms with E-state index in [1.165, 1.54) is 11.1 Å². The number of ether oxygens (including phenoxy) is 1. The lowest BCUT2D eigenvalue weighted by atomic mass is 9.99. The van der Waals surface area contributed by atoms with Crippen molar-refractivity contribution in [2.45, 2.75) is 25.8 Å². The summed E-state index contributed by atoms with van der Waals surface area (Å²) in [6.07, 6.45) is 2.14. The normalized spacial score (nSPS) is 13.3. The van der Waals surface area contributed by atoms with Gasteiger partial charge in [0.05, 0.1) is 12.8 Å². The van der Waals surface area contributed by atoms with Gasteiger partial charge < -0.3 is 9.64 Å². The third-order valence-corrected chi connectivity index (χ3v) is 5.91. The number of carbonyl (C=O) groups is 1. The van der Waals surface area contributed by atoms with Crippen LogP contribution in [0.2, 0.25) is 0 Å². The van der Waals surface area contributed by atoms with Crippen molar-refractivity contribution in [3.8, 4) is 16.3 Å². The fraction of sp³-hybridized carbons (Fsp3) is 0.273. The first-order chi connectivity index (χ1) is 13.2. The number of amides is 1. The summed E-state index contributed by atoms with van der Waals surface area (Å²) in [7, 11) is 1.66. The van der Waals surface area contributed by atoms with Crippen molar-refractivity contribution in [1.82, 2.24) is 9.88 Å². The summed E-state index contributed by atoms with van der Waals surface area (Å²) in [6, 6.07) is 16.3. The minimum absolute atomic E-state index is 0.212. The van der Waals surface area contributed by atoms with Gasteiger partial charge in [0.1, 0.15) is 10.8 Å². The molecule has 4 nitrogen and oxygen atoms in total. The number of benzene rings is 2. The van der Waals surface area contributed by atoms with Gasteiger partial charge in [0, 0.05) is 30.5 Å². The lowest BCUT2D eigenvalue weighted by Crippen LogP contribution is -2.36. The molecule has 0 radical (unpaired) electrons. The Kier molecular flexibility index (Phi) is 5.21. The van der Waals surface area contributed by atoms with Gasteiger partial charge in [-0.25, -0.2) is 4.98 Å². The lowest BCUT2D eigenvalue weighted by molar-refractivity contribution is -0.132. The van der Waals surface area contributed by atoms with Crippen LogP contribution in [0.1, 0.15) is 23.2 Å². The van der Waals surface area contributed by atoms with Crippen LogP contribution in [0, 0.1) is 0 Å². The molecule has 0 spiro atoms. The first kappa shape index (κ1) is 17.7. The first-order valence-electron chi connectivity index (χ1n) is 9.16. The molecule has 1 aliphatic rings. The predicted octanol–water partition coefficient (Wildman–Crippen LogP) is 4.34. The zero-order valence-electron chi connectivity index (χ0n) is 15.4. The number of aryl methyl sites for hydroxylation is 1. The smallest absolute Gasteiger partial charge is 0.223 e. The van der Waals surface area contributed by atoms with Gasteiger partial charge in [0.15, 0.2) is 0 Å². The fourth-order valence-corrected chi connectivity index (χ4v) is 4.25. The molecule has 5 heteroatoms. The second-order valence-corrected chi connectivity index (χ2v) is 7.56. The maximum absolute atomic E-state index is 12.6. The van der Waals surface area contributed by atoms with Crippen LogP contribution in [0.3, 0.4) is 0 Å². The third-order valence-electron chi connectivity index (χ3n) is 4.97. The molecule has 0 fully saturated rings. The Labute approximate surface area is 163 Å². The molecule has 1 amide bonds. The van der Waals surface area contributed by atoms with Gasteiger partial charge >= 0.3 is 0 Å². The van der Waals surface area contributed by atoms with Crippen molar-refractivity contribution < 1.29 is 9.53 Å². The third kappa shape index (κ3) is 4.03. The van der Waals surface area contributed by atoms with Crippen LogP contribution in [-0.4, -0.2) is 29.4 Å². The number of thiazole rings is 1. The Hall–Kier alpha value is -2.66. The molecule has 0 unspecified atom stereocenters. The molecule has 0 saturated carbocycles. The van der Waals surface area contributed by atoms with E-state index in [1.807, 2.05) is 35.2 Å². The maximum Gasteiger partial charge on any atom is 0.223 e. The zero-order chi connectivity index (χ0) is 18.6. The molecule has 4 rings (SSSR count). The van der Waals surface area contributed by atoms with Gasteiger partial charge in [-0.1, -0.05) is 24.3 Å². The van der Waals surface area contributed by atoms with Crippen LogP contribution in [-0.2, 0) is 24.2 Å². The second kappa shape index (κ2) is 7.92. The van der Waals surface area contributed by atoms with E-state index in [1.54, 1.807) is 18.4 Å². The molecule has 0 bridgehead atoms. The van der Waals surface area contributed by atoms with E-state index in [0.29, 0.717) is 12.8 Å². The van der Waals surface area contributed by atoms with Crippen molar-refractivity contribution in [3.05, 3.63) is 70.7 Å². The van der Waals surface area contributed by atoms with E-state index >= 15 is 0 Å². The van der Waals surface area contributed by atoms with E-state index in [2.05, 4.69) is 23.6 Å². The molecule has 0 saturated heterocycles. The number of nitrogens with zero attached hydrogens (tertiary/aromatic N) is 2. The fourth-order valence-electron chi connectivity index (χ4n) is 3.39. The van der Waals surface area contributed by atoms with E-state index in [9.17, 15) is 4.79 Å². The molecule has 0 atom stereocenters. The van der Waals surface area contributed by atoms with Crippen LogP contribution in [0.4, 0.5) is 0 Å². The minimum Gasteiger partial charge on any atom is -0.497 e. The quantitative estimate of drug-likeness (QED) is 0.663. The Bertz CT molecular complexity index is 933. The minimum atomic E-state index is 0.212. The van der Waals surface area contributed by atoms with Crippen molar-refractivity contribution >= 4 is 17.2 Å². The summed E-state index contributed by atoms with van der Waals surface area (Å²) in [5, 5.41) is 3.03. The van der Waals surface area contributed by atoms with Crippen molar-refractivity contribution in [2.24, 2.45) is 0 Å². The van der Waals surface area contributed by atoms with Gasteiger partial charge in [-0.05, 0) is 48.2 Å². The van der Waals surface area contributed by atoms with Crippen LogP contribution in [0.25, 0.3) is 10.6 Å². The lowest BCUT2D eigenvalue weighted by Gasteiger charge is -2.28. The van der Waals surface area contributed by atoms with Crippen molar-refractivity contribution in [2.75, 3.05) is 13.7 Å². The highest BCUT2D eigenvalue weighted by atomic mass is 32.1. The second-order valence-electron chi connectivity index (χ2n) is 6.71. The average Bonchev–Trinajstić information content (AvgIpc) is 3.21. The SMILES string of the molecule is COc1ccc(-c2nc(CCC(=O)N3CCc4ccccc4C3)cs2)cc1.